The van der Waals surface area contributed by atoms with Crippen molar-refractivity contribution in [1.29, 1.82) is 0 Å². The SMILES string of the molecule is CCOc1cc(/C=C2/C(=O)NC(=O)N(c3ccccc3F)C2=O)cc(I)c1OCc1ccccc1Cl. The van der Waals surface area contributed by atoms with Gasteiger partial charge >= 0.3 is 6.03 Å². The van der Waals surface area contributed by atoms with Gasteiger partial charge in [-0.3, -0.25) is 14.9 Å². The Bertz CT molecular complexity index is 1390. The Labute approximate surface area is 225 Å². The number of carbonyl (C=O) groups is 3. The van der Waals surface area contributed by atoms with E-state index in [1.165, 1.54) is 24.3 Å². The molecule has 1 fully saturated rings. The number of benzene rings is 3. The average Bonchev–Trinajstić information content (AvgIpc) is 2.83. The van der Waals surface area contributed by atoms with E-state index in [4.69, 9.17) is 21.1 Å². The smallest absolute Gasteiger partial charge is 0.336 e. The molecule has 3 aromatic carbocycles. The highest BCUT2D eigenvalue weighted by Crippen LogP contribution is 2.36. The zero-order valence-corrected chi connectivity index (χ0v) is 21.8. The molecule has 10 heteroatoms. The fourth-order valence-corrected chi connectivity index (χ4v) is 4.49. The van der Waals surface area contributed by atoms with E-state index < -0.39 is 23.7 Å². The van der Waals surface area contributed by atoms with E-state index in [0.29, 0.717) is 37.2 Å². The number of nitrogens with one attached hydrogen (secondary N) is 1. The van der Waals surface area contributed by atoms with E-state index in [0.717, 1.165) is 11.6 Å². The molecule has 0 atom stereocenters. The van der Waals surface area contributed by atoms with E-state index in [-0.39, 0.29) is 17.9 Å². The molecule has 1 aliphatic heterocycles. The number of nitrogens with zero attached hydrogens (tertiary/aromatic N) is 1. The number of rotatable bonds is 7. The van der Waals surface area contributed by atoms with Crippen LogP contribution in [-0.2, 0) is 16.2 Å². The Morgan fingerprint density at radius 2 is 1.78 bits per heavy atom. The van der Waals surface area contributed by atoms with Gasteiger partial charge in [-0.25, -0.2) is 14.1 Å². The predicted octanol–water partition coefficient (Wildman–Crippen LogP) is 5.73. The molecule has 0 aliphatic carbocycles. The molecular formula is C26H19ClFIN2O5. The van der Waals surface area contributed by atoms with E-state index in [2.05, 4.69) is 27.9 Å². The van der Waals surface area contributed by atoms with Crippen molar-refractivity contribution in [2.75, 3.05) is 11.5 Å². The van der Waals surface area contributed by atoms with Crippen LogP contribution in [0.25, 0.3) is 6.08 Å². The lowest BCUT2D eigenvalue weighted by Crippen LogP contribution is -2.54. The molecule has 1 aliphatic rings. The second-order valence-corrected chi connectivity index (χ2v) is 9.12. The highest BCUT2D eigenvalue weighted by molar-refractivity contribution is 14.1. The Morgan fingerprint density at radius 3 is 2.50 bits per heavy atom. The first-order chi connectivity index (χ1) is 17.3. The summed E-state index contributed by atoms with van der Waals surface area (Å²) in [7, 11) is 0. The molecule has 1 N–H and O–H groups in total. The lowest BCUT2D eigenvalue weighted by molar-refractivity contribution is -0.122. The number of anilines is 1. The number of amides is 4. The first kappa shape index (κ1) is 25.6. The zero-order valence-electron chi connectivity index (χ0n) is 18.9. The van der Waals surface area contributed by atoms with Crippen LogP contribution in [0.1, 0.15) is 18.1 Å². The second kappa shape index (κ2) is 11.1. The molecule has 0 radical (unpaired) electrons. The molecule has 1 saturated heterocycles. The third-order valence-corrected chi connectivity index (χ3v) is 6.34. The van der Waals surface area contributed by atoms with Gasteiger partial charge in [0.15, 0.2) is 11.5 Å². The molecular weight excluding hydrogens is 602 g/mol. The molecule has 3 aromatic rings. The van der Waals surface area contributed by atoms with Crippen LogP contribution in [-0.4, -0.2) is 24.5 Å². The third kappa shape index (κ3) is 5.36. The van der Waals surface area contributed by atoms with Gasteiger partial charge in [-0.2, -0.15) is 0 Å². The van der Waals surface area contributed by atoms with Gasteiger partial charge in [-0.05, 0) is 71.5 Å². The fraction of sp³-hybridized carbons (Fsp3) is 0.115. The quantitative estimate of drug-likeness (QED) is 0.207. The van der Waals surface area contributed by atoms with Gasteiger partial charge in [0.2, 0.25) is 0 Å². The number of hydrogen-bond donors (Lipinski definition) is 1. The molecule has 4 amide bonds. The highest BCUT2D eigenvalue weighted by Gasteiger charge is 2.38. The summed E-state index contributed by atoms with van der Waals surface area (Å²) < 4.78 is 26.7. The summed E-state index contributed by atoms with van der Waals surface area (Å²) in [6, 6.07) is 14.9. The molecule has 1 heterocycles. The molecule has 0 aromatic heterocycles. The van der Waals surface area contributed by atoms with Gasteiger partial charge < -0.3 is 9.47 Å². The van der Waals surface area contributed by atoms with E-state index in [1.807, 2.05) is 25.1 Å². The summed E-state index contributed by atoms with van der Waals surface area (Å²) in [6.07, 6.45) is 1.32. The van der Waals surface area contributed by atoms with Crippen molar-refractivity contribution in [3.05, 3.63) is 91.8 Å². The van der Waals surface area contributed by atoms with E-state index >= 15 is 0 Å². The van der Waals surface area contributed by atoms with Crippen molar-refractivity contribution in [3.8, 4) is 11.5 Å². The van der Waals surface area contributed by atoms with Crippen LogP contribution < -0.4 is 19.7 Å². The van der Waals surface area contributed by atoms with Gasteiger partial charge in [0.05, 0.1) is 15.9 Å². The fourth-order valence-electron chi connectivity index (χ4n) is 3.52. The number of hydrogen-bond acceptors (Lipinski definition) is 5. The Hall–Kier alpha value is -3.44. The minimum atomic E-state index is -1.03. The third-order valence-electron chi connectivity index (χ3n) is 5.17. The van der Waals surface area contributed by atoms with E-state index in [9.17, 15) is 18.8 Å². The maximum atomic E-state index is 14.3. The van der Waals surface area contributed by atoms with Crippen molar-refractivity contribution >= 4 is 63.8 Å². The molecule has 0 unspecified atom stereocenters. The minimum absolute atomic E-state index is 0.205. The minimum Gasteiger partial charge on any atom is -0.490 e. The standard InChI is InChI=1S/C26H19ClFIN2O5/c1-2-35-22-13-15(12-20(29)23(22)36-14-16-7-3-4-8-18(16)27)11-17-24(32)30-26(34)31(25(17)33)21-10-6-5-9-19(21)28/h3-13H,2,14H2,1H3,(H,30,32,34)/b17-11-. The van der Waals surface area contributed by atoms with Crippen molar-refractivity contribution in [2.24, 2.45) is 0 Å². The predicted molar refractivity (Wildman–Crippen MR) is 142 cm³/mol. The molecule has 0 saturated carbocycles. The largest absolute Gasteiger partial charge is 0.490 e. The number of ether oxygens (including phenoxy) is 2. The summed E-state index contributed by atoms with van der Waals surface area (Å²) >= 11 is 8.29. The number of para-hydroxylation sites is 1. The van der Waals surface area contributed by atoms with Crippen LogP contribution in [0.15, 0.2) is 66.2 Å². The van der Waals surface area contributed by atoms with Gasteiger partial charge in [-0.15, -0.1) is 0 Å². The van der Waals surface area contributed by atoms with Crippen LogP contribution in [0.5, 0.6) is 11.5 Å². The lowest BCUT2D eigenvalue weighted by Gasteiger charge is -2.26. The Kier molecular flexibility index (Phi) is 7.90. The van der Waals surface area contributed by atoms with Gasteiger partial charge in [-0.1, -0.05) is 41.9 Å². The number of barbiturate groups is 1. The first-order valence-corrected chi connectivity index (χ1v) is 12.2. The number of urea groups is 1. The monoisotopic (exact) mass is 620 g/mol. The lowest BCUT2D eigenvalue weighted by atomic mass is 10.1. The summed E-state index contributed by atoms with van der Waals surface area (Å²) in [5.74, 6) is -1.73. The van der Waals surface area contributed by atoms with Crippen LogP contribution in [0.4, 0.5) is 14.9 Å². The van der Waals surface area contributed by atoms with E-state index in [1.54, 1.807) is 18.2 Å². The van der Waals surface area contributed by atoms with Crippen LogP contribution in [0, 0.1) is 9.39 Å². The van der Waals surface area contributed by atoms with Crippen molar-refractivity contribution in [3.63, 3.8) is 0 Å². The van der Waals surface area contributed by atoms with Crippen LogP contribution in [0.2, 0.25) is 5.02 Å². The maximum Gasteiger partial charge on any atom is 0.336 e. The van der Waals surface area contributed by atoms with Gasteiger partial charge in [0.1, 0.15) is 18.0 Å². The molecule has 7 nitrogen and oxygen atoms in total. The Balaban J connectivity index is 1.68. The zero-order chi connectivity index (χ0) is 25.8. The van der Waals surface area contributed by atoms with Gasteiger partial charge in [0, 0.05) is 10.6 Å². The average molecular weight is 621 g/mol. The van der Waals surface area contributed by atoms with Crippen molar-refractivity contribution < 1.29 is 28.2 Å². The molecule has 36 heavy (non-hydrogen) atoms. The van der Waals surface area contributed by atoms with Crippen molar-refractivity contribution in [2.45, 2.75) is 13.5 Å². The summed E-state index contributed by atoms with van der Waals surface area (Å²) in [5.41, 5.74) is 0.660. The topological polar surface area (TPSA) is 84.9 Å². The molecule has 4 rings (SSSR count). The normalized spacial score (nSPS) is 14.7. The summed E-state index contributed by atoms with van der Waals surface area (Å²) in [5, 5.41) is 2.66. The van der Waals surface area contributed by atoms with Crippen LogP contribution >= 0.6 is 34.2 Å². The number of halogens is 3. The first-order valence-electron chi connectivity index (χ1n) is 10.8. The number of carbonyl (C=O) groups excluding carboxylic acids is 3. The molecule has 0 spiro atoms. The number of imide groups is 2. The second-order valence-electron chi connectivity index (χ2n) is 7.55. The molecule has 184 valence electrons. The highest BCUT2D eigenvalue weighted by atomic mass is 127. The van der Waals surface area contributed by atoms with Crippen LogP contribution in [0.3, 0.4) is 0 Å². The van der Waals surface area contributed by atoms with Gasteiger partial charge in [0.25, 0.3) is 11.8 Å². The maximum absolute atomic E-state index is 14.3. The Morgan fingerprint density at radius 1 is 1.06 bits per heavy atom. The van der Waals surface area contributed by atoms with Crippen molar-refractivity contribution in [1.82, 2.24) is 5.32 Å². The molecule has 0 bridgehead atoms. The summed E-state index contributed by atoms with van der Waals surface area (Å²) in [6.45, 7) is 2.36. The summed E-state index contributed by atoms with van der Waals surface area (Å²) in [4.78, 5) is 38.6.